The topological polar surface area (TPSA) is 99.8 Å². The molecule has 1 unspecified atom stereocenters. The molecule has 1 rings (SSSR count). The lowest BCUT2D eigenvalue weighted by Gasteiger charge is -2.17. The summed E-state index contributed by atoms with van der Waals surface area (Å²) in [7, 11) is -0.996. The first-order valence-electron chi connectivity index (χ1n) is 5.20. The van der Waals surface area contributed by atoms with Crippen LogP contribution in [0.5, 0.6) is 0 Å². The number of aromatic nitrogens is 1. The van der Waals surface area contributed by atoms with Crippen LogP contribution in [0.4, 0.5) is 0 Å². The molecule has 0 aromatic carbocycles. The number of aromatic carboxylic acids is 1. The lowest BCUT2D eigenvalue weighted by Crippen LogP contribution is -2.32. The number of aliphatic hydroxyl groups excluding tert-OH is 1. The maximum absolute atomic E-state index is 12.1. The molecule has 8 heteroatoms. The maximum atomic E-state index is 12.1. The number of nitrogens with zero attached hydrogens (tertiary/aromatic N) is 2. The summed E-state index contributed by atoms with van der Waals surface area (Å²) in [6, 6.07) is 1.09. The molecule has 1 aromatic heterocycles. The number of aryl methyl sites for hydroxylation is 1. The molecule has 0 saturated heterocycles. The van der Waals surface area contributed by atoms with Crippen LogP contribution < -0.4 is 0 Å². The van der Waals surface area contributed by atoms with E-state index in [1.807, 2.05) is 0 Å². The van der Waals surface area contributed by atoms with Crippen LogP contribution in [0.1, 0.15) is 17.4 Å². The molecule has 0 saturated carbocycles. The average molecular weight is 276 g/mol. The molecule has 2 N–H and O–H groups in total. The van der Waals surface area contributed by atoms with Crippen molar-refractivity contribution in [2.45, 2.75) is 17.9 Å². The normalized spacial score (nSPS) is 13.8. The summed E-state index contributed by atoms with van der Waals surface area (Å²) in [4.78, 5) is 10.7. The second kappa shape index (κ2) is 5.09. The molecule has 0 amide bonds. The molecule has 7 nitrogen and oxygen atoms in total. The number of carbonyl (C=O) groups is 1. The first-order valence-corrected chi connectivity index (χ1v) is 6.64. The predicted octanol–water partition coefficient (Wildman–Crippen LogP) is -0.275. The van der Waals surface area contributed by atoms with Gasteiger partial charge < -0.3 is 14.8 Å². The van der Waals surface area contributed by atoms with Crippen molar-refractivity contribution in [1.82, 2.24) is 8.87 Å². The van der Waals surface area contributed by atoms with E-state index in [1.54, 1.807) is 0 Å². The summed E-state index contributed by atoms with van der Waals surface area (Å²) >= 11 is 0. The van der Waals surface area contributed by atoms with Gasteiger partial charge in [0.1, 0.15) is 10.6 Å². The van der Waals surface area contributed by atoms with Crippen molar-refractivity contribution in [3.63, 3.8) is 0 Å². The Hall–Kier alpha value is -1.38. The molecular formula is C10H16N2O5S. The van der Waals surface area contributed by atoms with E-state index in [0.29, 0.717) is 0 Å². The molecule has 0 fully saturated rings. The first kappa shape index (κ1) is 14.7. The Labute approximate surface area is 105 Å². The van der Waals surface area contributed by atoms with Crippen LogP contribution in [0.3, 0.4) is 0 Å². The summed E-state index contributed by atoms with van der Waals surface area (Å²) in [5, 5.41) is 18.0. The second-order valence-corrected chi connectivity index (χ2v) is 6.16. The largest absolute Gasteiger partial charge is 0.477 e. The predicted molar refractivity (Wildman–Crippen MR) is 63.9 cm³/mol. The van der Waals surface area contributed by atoms with E-state index >= 15 is 0 Å². The minimum Gasteiger partial charge on any atom is -0.477 e. The Kier molecular flexibility index (Phi) is 4.15. The van der Waals surface area contributed by atoms with E-state index in [9.17, 15) is 18.3 Å². The highest BCUT2D eigenvalue weighted by atomic mass is 32.2. The van der Waals surface area contributed by atoms with E-state index in [0.717, 1.165) is 10.4 Å². The fraction of sp³-hybridized carbons (Fsp3) is 0.500. The van der Waals surface area contributed by atoms with E-state index in [4.69, 9.17) is 5.11 Å². The van der Waals surface area contributed by atoms with Crippen LogP contribution in [-0.2, 0) is 17.1 Å². The van der Waals surface area contributed by atoms with Gasteiger partial charge in [-0.25, -0.2) is 13.2 Å². The van der Waals surface area contributed by atoms with Crippen molar-refractivity contribution in [1.29, 1.82) is 0 Å². The van der Waals surface area contributed by atoms with Gasteiger partial charge in [-0.1, -0.05) is 0 Å². The molecule has 1 aromatic rings. The Morgan fingerprint density at radius 2 is 2.11 bits per heavy atom. The zero-order valence-electron chi connectivity index (χ0n) is 10.4. The summed E-state index contributed by atoms with van der Waals surface area (Å²) < 4.78 is 26.3. The molecule has 1 atom stereocenters. The standard InChI is InChI=1S/C10H16N2O5S/c1-7(13)5-12(3)18(16,17)8-4-9(10(14)15)11(2)6-8/h4,6-7,13H,5H2,1-3H3,(H,14,15). The number of carboxylic acids is 1. The highest BCUT2D eigenvalue weighted by molar-refractivity contribution is 7.89. The highest BCUT2D eigenvalue weighted by Gasteiger charge is 2.25. The Morgan fingerprint density at radius 3 is 2.50 bits per heavy atom. The number of carboxylic acid groups (broad SMARTS) is 1. The van der Waals surface area contributed by atoms with Crippen molar-refractivity contribution in [2.75, 3.05) is 13.6 Å². The molecule has 18 heavy (non-hydrogen) atoms. The molecule has 0 spiro atoms. The number of rotatable bonds is 5. The maximum Gasteiger partial charge on any atom is 0.352 e. The fourth-order valence-corrected chi connectivity index (χ4v) is 2.86. The molecule has 0 aliphatic rings. The van der Waals surface area contributed by atoms with Gasteiger partial charge in [-0.05, 0) is 13.0 Å². The van der Waals surface area contributed by atoms with Gasteiger partial charge in [-0.2, -0.15) is 4.31 Å². The summed E-state index contributed by atoms with van der Waals surface area (Å²) in [5.74, 6) is -1.20. The van der Waals surface area contributed by atoms with Crippen LogP contribution in [0.15, 0.2) is 17.2 Å². The van der Waals surface area contributed by atoms with Crippen molar-refractivity contribution in [2.24, 2.45) is 7.05 Å². The zero-order valence-corrected chi connectivity index (χ0v) is 11.2. The number of hydrogen-bond acceptors (Lipinski definition) is 4. The van der Waals surface area contributed by atoms with E-state index < -0.39 is 22.1 Å². The summed E-state index contributed by atoms with van der Waals surface area (Å²) in [5.41, 5.74) is -0.112. The number of aliphatic hydroxyl groups is 1. The van der Waals surface area contributed by atoms with Crippen molar-refractivity contribution in [3.8, 4) is 0 Å². The van der Waals surface area contributed by atoms with Gasteiger partial charge in [-0.15, -0.1) is 0 Å². The fourth-order valence-electron chi connectivity index (χ4n) is 1.54. The smallest absolute Gasteiger partial charge is 0.352 e. The third-order valence-corrected chi connectivity index (χ3v) is 4.22. The Bertz CT molecular complexity index is 547. The van der Waals surface area contributed by atoms with Gasteiger partial charge in [-0.3, -0.25) is 0 Å². The van der Waals surface area contributed by atoms with Crippen molar-refractivity contribution < 1.29 is 23.4 Å². The van der Waals surface area contributed by atoms with Crippen LogP contribution in [-0.4, -0.2) is 53.2 Å². The first-order chi connectivity index (χ1) is 8.16. The van der Waals surface area contributed by atoms with Crippen LogP contribution in [0, 0.1) is 0 Å². The van der Waals surface area contributed by atoms with E-state index in [2.05, 4.69) is 0 Å². The number of likely N-dealkylation sites (N-methyl/N-ethyl adjacent to an activating group) is 1. The monoisotopic (exact) mass is 276 g/mol. The van der Waals surface area contributed by atoms with Crippen molar-refractivity contribution >= 4 is 16.0 Å². The third kappa shape index (κ3) is 2.89. The van der Waals surface area contributed by atoms with Crippen LogP contribution in [0.2, 0.25) is 0 Å². The van der Waals surface area contributed by atoms with Gasteiger partial charge >= 0.3 is 5.97 Å². The minimum absolute atomic E-state index is 0.0559. The Balaban J connectivity index is 3.13. The molecule has 0 radical (unpaired) electrons. The van der Waals surface area contributed by atoms with Gasteiger partial charge in [0.15, 0.2) is 0 Å². The molecular weight excluding hydrogens is 260 g/mol. The molecule has 0 aliphatic carbocycles. The van der Waals surface area contributed by atoms with Crippen LogP contribution >= 0.6 is 0 Å². The van der Waals surface area contributed by atoms with Gasteiger partial charge in [0.05, 0.1) is 6.10 Å². The summed E-state index contributed by atoms with van der Waals surface area (Å²) in [6.45, 7) is 1.42. The van der Waals surface area contributed by atoms with E-state index in [1.165, 1.54) is 31.8 Å². The minimum atomic E-state index is -3.78. The SMILES string of the molecule is CC(O)CN(C)S(=O)(=O)c1cc(C(=O)O)n(C)c1. The molecule has 0 bridgehead atoms. The molecule has 0 aliphatic heterocycles. The lowest BCUT2D eigenvalue weighted by atomic mass is 10.4. The van der Waals surface area contributed by atoms with Crippen molar-refractivity contribution in [3.05, 3.63) is 18.0 Å². The third-order valence-electron chi connectivity index (χ3n) is 2.43. The molecule has 1 heterocycles. The van der Waals surface area contributed by atoms with Gasteiger partial charge in [0.25, 0.3) is 0 Å². The zero-order chi connectivity index (χ0) is 14.1. The lowest BCUT2D eigenvalue weighted by molar-refractivity contribution is 0.0686. The number of hydrogen-bond donors (Lipinski definition) is 2. The quantitative estimate of drug-likeness (QED) is 0.770. The van der Waals surface area contributed by atoms with Crippen LogP contribution in [0.25, 0.3) is 0 Å². The highest BCUT2D eigenvalue weighted by Crippen LogP contribution is 2.17. The van der Waals surface area contributed by atoms with Gasteiger partial charge in [0, 0.05) is 26.8 Å². The Morgan fingerprint density at radius 1 is 1.56 bits per heavy atom. The summed E-state index contributed by atoms with van der Waals surface area (Å²) in [6.07, 6.45) is 0.435. The van der Waals surface area contributed by atoms with Gasteiger partial charge in [0.2, 0.25) is 10.0 Å². The number of sulfonamides is 1. The average Bonchev–Trinajstić information content (AvgIpc) is 2.59. The molecule has 102 valence electrons. The second-order valence-electron chi connectivity index (χ2n) is 4.11. The van der Waals surface area contributed by atoms with E-state index in [-0.39, 0.29) is 17.1 Å².